The Morgan fingerprint density at radius 1 is 0.750 bits per heavy atom. The molecule has 0 aromatic heterocycles. The second kappa shape index (κ2) is 12.6. The van der Waals surface area contributed by atoms with Crippen molar-refractivity contribution in [1.82, 2.24) is 21.0 Å². The molecule has 0 aliphatic heterocycles. The first-order chi connectivity index (χ1) is 17.5. The molecule has 0 saturated heterocycles. The Bertz CT molecular complexity index is 1000. The Kier molecular flexibility index (Phi) is 9.08. The second-order valence-corrected chi connectivity index (χ2v) is 9.77. The molecule has 8 nitrogen and oxygen atoms in total. The molecule has 0 heterocycles. The highest BCUT2D eigenvalue weighted by atomic mass is 16.5. The van der Waals surface area contributed by atoms with Crippen LogP contribution in [0.1, 0.15) is 72.9 Å². The molecule has 36 heavy (non-hydrogen) atoms. The summed E-state index contributed by atoms with van der Waals surface area (Å²) < 4.78 is 0. The van der Waals surface area contributed by atoms with Gasteiger partial charge in [0.25, 0.3) is 0 Å². The molecule has 8 heteroatoms. The van der Waals surface area contributed by atoms with Gasteiger partial charge in [-0.15, -0.1) is 0 Å². The molecule has 0 bridgehead atoms. The summed E-state index contributed by atoms with van der Waals surface area (Å²) >= 11 is 0. The summed E-state index contributed by atoms with van der Waals surface area (Å²) in [5, 5.41) is 14.9. The molecule has 2 aliphatic rings. The highest BCUT2D eigenvalue weighted by Crippen LogP contribution is 2.31. The summed E-state index contributed by atoms with van der Waals surface area (Å²) in [6, 6.07) is 16.4. The molecule has 2 aliphatic carbocycles. The number of aryl methyl sites for hydroxylation is 2. The molecule has 4 rings (SSSR count). The Balaban J connectivity index is 1.31. The Morgan fingerprint density at radius 3 is 1.81 bits per heavy atom. The second-order valence-electron chi connectivity index (χ2n) is 9.77. The van der Waals surface area contributed by atoms with Crippen LogP contribution in [0.25, 0.3) is 0 Å². The van der Waals surface area contributed by atoms with E-state index in [1.165, 1.54) is 22.3 Å². The van der Waals surface area contributed by atoms with Crippen molar-refractivity contribution >= 4 is 17.7 Å². The monoisotopic (exact) mass is 492 g/mol. The lowest BCUT2D eigenvalue weighted by atomic mass is 10.1. The number of hydrogen-bond donors (Lipinski definition) is 4. The molecule has 0 spiro atoms. The molecule has 0 radical (unpaired) electrons. The van der Waals surface area contributed by atoms with Crippen molar-refractivity contribution in [1.29, 1.82) is 0 Å². The molecule has 4 N–H and O–H groups in total. The van der Waals surface area contributed by atoms with E-state index in [-0.39, 0.29) is 43.4 Å². The van der Waals surface area contributed by atoms with Crippen LogP contribution >= 0.6 is 0 Å². The zero-order valence-corrected chi connectivity index (χ0v) is 20.7. The van der Waals surface area contributed by atoms with Gasteiger partial charge in [-0.3, -0.25) is 24.5 Å². The number of unbranched alkanes of at least 4 members (excludes halogenated alkanes) is 2. The lowest BCUT2D eigenvalue weighted by Gasteiger charge is -2.24. The fraction of sp³-hybridized carbons (Fsp3) is 0.464. The van der Waals surface area contributed by atoms with Crippen molar-refractivity contribution in [3.63, 3.8) is 0 Å². The van der Waals surface area contributed by atoms with Crippen LogP contribution in [0.2, 0.25) is 0 Å². The van der Waals surface area contributed by atoms with Gasteiger partial charge >= 0.3 is 0 Å². The molecule has 2 aromatic carbocycles. The molecule has 2 aromatic rings. The van der Waals surface area contributed by atoms with E-state index in [4.69, 9.17) is 5.21 Å². The third kappa shape index (κ3) is 6.92. The van der Waals surface area contributed by atoms with Crippen LogP contribution in [0.15, 0.2) is 48.5 Å². The van der Waals surface area contributed by atoms with E-state index in [1.807, 2.05) is 29.2 Å². The highest BCUT2D eigenvalue weighted by Gasteiger charge is 2.26. The van der Waals surface area contributed by atoms with E-state index in [0.717, 1.165) is 38.5 Å². The number of fused-ring (bicyclic) bond motifs is 2. The SMILES string of the molecule is O=C(CCCCCN(CC(=O)NC1CCc2ccccc21)CC(=O)NC1CCc2ccccc21)NO. The topological polar surface area (TPSA) is 111 Å². The van der Waals surface area contributed by atoms with Gasteiger partial charge in [-0.1, -0.05) is 55.0 Å². The van der Waals surface area contributed by atoms with Gasteiger partial charge in [0.2, 0.25) is 17.7 Å². The number of carbonyl (C=O) groups excluding carboxylic acids is 3. The first-order valence-corrected chi connectivity index (χ1v) is 12.9. The molecule has 3 amide bonds. The predicted molar refractivity (Wildman–Crippen MR) is 136 cm³/mol. The Morgan fingerprint density at radius 2 is 1.28 bits per heavy atom. The van der Waals surface area contributed by atoms with Gasteiger partial charge in [0.15, 0.2) is 0 Å². The van der Waals surface area contributed by atoms with Crippen LogP contribution in [0.3, 0.4) is 0 Å². The van der Waals surface area contributed by atoms with Gasteiger partial charge < -0.3 is 10.6 Å². The van der Waals surface area contributed by atoms with E-state index in [0.29, 0.717) is 13.0 Å². The predicted octanol–water partition coefficient (Wildman–Crippen LogP) is 2.96. The van der Waals surface area contributed by atoms with Gasteiger partial charge in [-0.2, -0.15) is 0 Å². The van der Waals surface area contributed by atoms with Gasteiger partial charge in [-0.25, -0.2) is 5.48 Å². The number of amides is 3. The first-order valence-electron chi connectivity index (χ1n) is 12.9. The van der Waals surface area contributed by atoms with Crippen LogP contribution in [0, 0.1) is 0 Å². The van der Waals surface area contributed by atoms with Crippen molar-refractivity contribution in [2.24, 2.45) is 0 Å². The normalized spacial score (nSPS) is 17.9. The van der Waals surface area contributed by atoms with E-state index >= 15 is 0 Å². The summed E-state index contributed by atoms with van der Waals surface area (Å²) in [7, 11) is 0. The number of carbonyl (C=O) groups is 3. The smallest absolute Gasteiger partial charge is 0.243 e. The zero-order chi connectivity index (χ0) is 25.3. The van der Waals surface area contributed by atoms with E-state index in [2.05, 4.69) is 34.9 Å². The summed E-state index contributed by atoms with van der Waals surface area (Å²) in [6.45, 7) is 0.860. The number of nitrogens with one attached hydrogen (secondary N) is 3. The van der Waals surface area contributed by atoms with E-state index < -0.39 is 5.91 Å². The maximum absolute atomic E-state index is 13.0. The summed E-state index contributed by atoms with van der Waals surface area (Å²) in [5.41, 5.74) is 6.56. The van der Waals surface area contributed by atoms with Crippen LogP contribution in [0.4, 0.5) is 0 Å². The lowest BCUT2D eigenvalue weighted by molar-refractivity contribution is -0.129. The van der Waals surface area contributed by atoms with Crippen LogP contribution in [-0.2, 0) is 27.2 Å². The molecule has 2 unspecified atom stereocenters. The van der Waals surface area contributed by atoms with Gasteiger partial charge in [-0.05, 0) is 67.3 Å². The third-order valence-electron chi connectivity index (χ3n) is 7.17. The number of rotatable bonds is 12. The van der Waals surface area contributed by atoms with Crippen molar-refractivity contribution < 1.29 is 19.6 Å². The average Bonchev–Trinajstić information content (AvgIpc) is 3.47. The van der Waals surface area contributed by atoms with Crippen LogP contribution in [-0.4, -0.2) is 47.5 Å². The summed E-state index contributed by atoms with van der Waals surface area (Å²) in [5.74, 6) is -0.579. The summed E-state index contributed by atoms with van der Waals surface area (Å²) in [4.78, 5) is 39.0. The van der Waals surface area contributed by atoms with Crippen molar-refractivity contribution in [3.05, 3.63) is 70.8 Å². The lowest BCUT2D eigenvalue weighted by Crippen LogP contribution is -2.44. The highest BCUT2D eigenvalue weighted by molar-refractivity contribution is 5.82. The number of benzene rings is 2. The van der Waals surface area contributed by atoms with Crippen molar-refractivity contribution in [3.8, 4) is 0 Å². The zero-order valence-electron chi connectivity index (χ0n) is 20.7. The number of hydroxylamine groups is 1. The Hall–Kier alpha value is -3.23. The first kappa shape index (κ1) is 25.9. The standard InChI is InChI=1S/C28H36N4O4/c33-26(31-36)12-2-1-7-17-32(18-27(34)29-24-15-13-20-8-3-5-10-22(20)24)19-28(35)30-25-16-14-21-9-4-6-11-23(21)25/h3-6,8-11,24-25,36H,1-2,7,12-19H2,(H,29,34)(H,30,35)(H,31,33). The number of hydrogen-bond acceptors (Lipinski definition) is 5. The maximum Gasteiger partial charge on any atom is 0.243 e. The number of nitrogens with zero attached hydrogens (tertiary/aromatic N) is 1. The van der Waals surface area contributed by atoms with E-state index in [9.17, 15) is 14.4 Å². The fourth-order valence-corrected chi connectivity index (χ4v) is 5.37. The molecular formula is C28H36N4O4. The average molecular weight is 493 g/mol. The summed E-state index contributed by atoms with van der Waals surface area (Å²) in [6.07, 6.45) is 6.08. The minimum Gasteiger partial charge on any atom is -0.348 e. The molecule has 192 valence electrons. The fourth-order valence-electron chi connectivity index (χ4n) is 5.37. The molecule has 0 saturated carbocycles. The Labute approximate surface area is 212 Å². The quantitative estimate of drug-likeness (QED) is 0.207. The minimum absolute atomic E-state index is 0.0105. The van der Waals surface area contributed by atoms with Crippen LogP contribution in [0.5, 0.6) is 0 Å². The largest absolute Gasteiger partial charge is 0.348 e. The van der Waals surface area contributed by atoms with E-state index in [1.54, 1.807) is 5.48 Å². The molecule has 2 atom stereocenters. The third-order valence-corrected chi connectivity index (χ3v) is 7.17. The van der Waals surface area contributed by atoms with Crippen molar-refractivity contribution in [2.45, 2.75) is 63.5 Å². The molecule has 0 fully saturated rings. The van der Waals surface area contributed by atoms with Crippen LogP contribution < -0.4 is 16.1 Å². The van der Waals surface area contributed by atoms with Crippen molar-refractivity contribution in [2.75, 3.05) is 19.6 Å². The van der Waals surface area contributed by atoms with Gasteiger partial charge in [0, 0.05) is 6.42 Å². The van der Waals surface area contributed by atoms with Gasteiger partial charge in [0.1, 0.15) is 0 Å². The maximum atomic E-state index is 13.0. The van der Waals surface area contributed by atoms with Gasteiger partial charge in [0.05, 0.1) is 25.2 Å². The molecular weight excluding hydrogens is 456 g/mol. The minimum atomic E-state index is -0.403.